The van der Waals surface area contributed by atoms with Gasteiger partial charge in [0, 0.05) is 19.8 Å². The number of rotatable bonds is 7. The van der Waals surface area contributed by atoms with Gasteiger partial charge in [0.15, 0.2) is 15.8 Å². The Labute approximate surface area is 221 Å². The number of ether oxygens (including phenoxy) is 2. The molecular formula is C26H22BrFN2O3S2. The van der Waals surface area contributed by atoms with Gasteiger partial charge in [-0.1, -0.05) is 36.1 Å². The number of benzene rings is 3. The molecule has 0 bridgehead atoms. The number of hydrogen-bond donors (Lipinski definition) is 0. The number of amides is 1. The molecular weight excluding hydrogens is 551 g/mol. The minimum absolute atomic E-state index is 0.178. The summed E-state index contributed by atoms with van der Waals surface area (Å²) in [7, 11) is 5.46. The fraction of sp³-hybridized carbons (Fsp3) is 0.154. The summed E-state index contributed by atoms with van der Waals surface area (Å²) in [6.07, 6.45) is 1.77. The first-order valence-electron chi connectivity index (χ1n) is 10.6. The second-order valence-corrected chi connectivity index (χ2v) is 10.4. The van der Waals surface area contributed by atoms with Gasteiger partial charge in [0.05, 0.1) is 22.2 Å². The van der Waals surface area contributed by atoms with Crippen molar-refractivity contribution in [2.24, 2.45) is 0 Å². The van der Waals surface area contributed by atoms with Crippen molar-refractivity contribution in [2.75, 3.05) is 31.0 Å². The zero-order chi connectivity index (χ0) is 25.1. The first-order chi connectivity index (χ1) is 16.8. The molecule has 0 spiro atoms. The third-order valence-electron chi connectivity index (χ3n) is 5.24. The Kier molecular flexibility index (Phi) is 7.78. The number of nitrogens with zero attached hydrogens (tertiary/aromatic N) is 2. The van der Waals surface area contributed by atoms with E-state index in [1.165, 1.54) is 35.9 Å². The first kappa shape index (κ1) is 25.2. The molecule has 1 fully saturated rings. The average Bonchev–Trinajstić information content (AvgIpc) is 3.10. The van der Waals surface area contributed by atoms with Crippen LogP contribution in [0, 0.1) is 5.82 Å². The van der Waals surface area contributed by atoms with Gasteiger partial charge in [0.1, 0.15) is 12.4 Å². The lowest BCUT2D eigenvalue weighted by atomic mass is 10.1. The quantitative estimate of drug-likeness (QED) is 0.233. The summed E-state index contributed by atoms with van der Waals surface area (Å²) in [6.45, 7) is 0.178. The minimum Gasteiger partial charge on any atom is -0.493 e. The topological polar surface area (TPSA) is 42.0 Å². The molecule has 3 aromatic rings. The van der Waals surface area contributed by atoms with E-state index in [1.807, 2.05) is 49.3 Å². The maximum absolute atomic E-state index is 13.5. The van der Waals surface area contributed by atoms with Crippen LogP contribution in [0.15, 0.2) is 70.0 Å². The van der Waals surface area contributed by atoms with Crippen LogP contribution >= 0.6 is 39.9 Å². The first-order valence-corrected chi connectivity index (χ1v) is 12.6. The molecule has 3 aromatic carbocycles. The third-order valence-corrected chi connectivity index (χ3v) is 7.13. The molecule has 1 aliphatic heterocycles. The maximum Gasteiger partial charge on any atom is 0.270 e. The van der Waals surface area contributed by atoms with Crippen LogP contribution in [0.2, 0.25) is 0 Å². The molecule has 1 aliphatic rings. The Balaban J connectivity index is 1.56. The van der Waals surface area contributed by atoms with E-state index >= 15 is 0 Å². The van der Waals surface area contributed by atoms with Crippen LogP contribution in [0.4, 0.5) is 15.8 Å². The summed E-state index contributed by atoms with van der Waals surface area (Å²) < 4.78 is 26.0. The van der Waals surface area contributed by atoms with Crippen molar-refractivity contribution in [3.05, 3.63) is 87.0 Å². The van der Waals surface area contributed by atoms with E-state index in [-0.39, 0.29) is 18.3 Å². The van der Waals surface area contributed by atoms with Crippen molar-refractivity contribution in [1.82, 2.24) is 0 Å². The second-order valence-electron chi connectivity index (χ2n) is 7.88. The molecule has 1 heterocycles. The van der Waals surface area contributed by atoms with Gasteiger partial charge in [0.25, 0.3) is 5.91 Å². The second kappa shape index (κ2) is 10.8. The smallest absolute Gasteiger partial charge is 0.270 e. The predicted octanol–water partition coefficient (Wildman–Crippen LogP) is 6.65. The monoisotopic (exact) mass is 572 g/mol. The van der Waals surface area contributed by atoms with Crippen LogP contribution in [0.1, 0.15) is 11.1 Å². The normalized spacial score (nSPS) is 14.5. The molecule has 0 unspecified atom stereocenters. The molecule has 0 aliphatic carbocycles. The van der Waals surface area contributed by atoms with Crippen LogP contribution < -0.4 is 19.3 Å². The van der Waals surface area contributed by atoms with Crippen molar-refractivity contribution < 1.29 is 18.7 Å². The van der Waals surface area contributed by atoms with E-state index in [2.05, 4.69) is 15.9 Å². The third kappa shape index (κ3) is 5.69. The zero-order valence-electron chi connectivity index (χ0n) is 19.2. The highest BCUT2D eigenvalue weighted by atomic mass is 79.9. The Hall–Kier alpha value is -2.88. The summed E-state index contributed by atoms with van der Waals surface area (Å²) >= 11 is 10.3. The van der Waals surface area contributed by atoms with Gasteiger partial charge in [-0.2, -0.15) is 0 Å². The molecule has 0 radical (unpaired) electrons. The fourth-order valence-corrected chi connectivity index (χ4v) is 5.36. The lowest BCUT2D eigenvalue weighted by Crippen LogP contribution is -2.27. The highest BCUT2D eigenvalue weighted by Crippen LogP contribution is 2.40. The van der Waals surface area contributed by atoms with Crippen LogP contribution in [0.3, 0.4) is 0 Å². The number of hydrogen-bond acceptors (Lipinski definition) is 6. The number of halogens is 2. The van der Waals surface area contributed by atoms with Gasteiger partial charge < -0.3 is 14.4 Å². The van der Waals surface area contributed by atoms with E-state index in [4.69, 9.17) is 21.7 Å². The van der Waals surface area contributed by atoms with Crippen molar-refractivity contribution in [3.8, 4) is 11.5 Å². The van der Waals surface area contributed by atoms with Gasteiger partial charge >= 0.3 is 0 Å². The van der Waals surface area contributed by atoms with E-state index < -0.39 is 0 Å². The SMILES string of the molecule is COc1cc(/C=C2/SC(=S)N(c3ccc(N(C)C)cc3)C2=O)cc(Br)c1OCc1cccc(F)c1. The molecule has 0 N–H and O–H groups in total. The number of anilines is 2. The van der Waals surface area contributed by atoms with Crippen LogP contribution in [-0.2, 0) is 11.4 Å². The molecule has 4 rings (SSSR count). The summed E-state index contributed by atoms with van der Waals surface area (Å²) in [6, 6.07) is 17.5. The number of carbonyl (C=O) groups is 1. The van der Waals surface area contributed by atoms with E-state index in [0.29, 0.717) is 30.8 Å². The van der Waals surface area contributed by atoms with Gasteiger partial charge in [-0.25, -0.2) is 4.39 Å². The van der Waals surface area contributed by atoms with Gasteiger partial charge in [-0.3, -0.25) is 9.69 Å². The van der Waals surface area contributed by atoms with Crippen molar-refractivity contribution in [3.63, 3.8) is 0 Å². The van der Waals surface area contributed by atoms with E-state index in [9.17, 15) is 9.18 Å². The van der Waals surface area contributed by atoms with Crippen molar-refractivity contribution in [2.45, 2.75) is 6.61 Å². The Bertz CT molecular complexity index is 1310. The highest BCUT2D eigenvalue weighted by molar-refractivity contribution is 9.10. The maximum atomic E-state index is 13.5. The predicted molar refractivity (Wildman–Crippen MR) is 148 cm³/mol. The molecule has 180 valence electrons. The molecule has 1 saturated heterocycles. The summed E-state index contributed by atoms with van der Waals surface area (Å²) in [4.78, 5) is 17.2. The minimum atomic E-state index is -0.321. The molecule has 1 amide bonds. The van der Waals surface area contributed by atoms with Gasteiger partial charge in [-0.15, -0.1) is 0 Å². The molecule has 9 heteroatoms. The van der Waals surface area contributed by atoms with Crippen molar-refractivity contribution in [1.29, 1.82) is 0 Å². The summed E-state index contributed by atoms with van der Waals surface area (Å²) in [5.41, 5.74) is 3.20. The average molecular weight is 574 g/mol. The number of carbonyl (C=O) groups excluding carboxylic acids is 1. The summed E-state index contributed by atoms with van der Waals surface area (Å²) in [5.74, 6) is 0.469. The Morgan fingerprint density at radius 2 is 1.89 bits per heavy atom. The molecule has 0 aromatic heterocycles. The van der Waals surface area contributed by atoms with Crippen LogP contribution in [0.5, 0.6) is 11.5 Å². The number of thiocarbonyl (C=S) groups is 1. The van der Waals surface area contributed by atoms with E-state index in [0.717, 1.165) is 16.9 Å². The lowest BCUT2D eigenvalue weighted by molar-refractivity contribution is -0.113. The highest BCUT2D eigenvalue weighted by Gasteiger charge is 2.33. The Morgan fingerprint density at radius 1 is 1.14 bits per heavy atom. The standard InChI is InChI=1S/C26H22BrFN2O3S2/c1-29(2)19-7-9-20(10-8-19)30-25(31)23(35-26(30)34)14-17-12-21(27)24(22(13-17)32-3)33-15-16-5-4-6-18(28)11-16/h4-14H,15H2,1-3H3/b23-14+. The number of thioether (sulfide) groups is 1. The van der Waals surface area contributed by atoms with Gasteiger partial charge in [-0.05, 0) is 81.7 Å². The Morgan fingerprint density at radius 3 is 2.54 bits per heavy atom. The molecule has 0 saturated carbocycles. The molecule has 35 heavy (non-hydrogen) atoms. The largest absolute Gasteiger partial charge is 0.493 e. The van der Waals surface area contributed by atoms with E-state index in [1.54, 1.807) is 24.3 Å². The van der Waals surface area contributed by atoms with Crippen LogP contribution in [0.25, 0.3) is 6.08 Å². The van der Waals surface area contributed by atoms with Gasteiger partial charge in [0.2, 0.25) is 0 Å². The molecule has 5 nitrogen and oxygen atoms in total. The molecule has 0 atom stereocenters. The fourth-order valence-electron chi connectivity index (χ4n) is 3.49. The zero-order valence-corrected chi connectivity index (χ0v) is 22.5. The lowest BCUT2D eigenvalue weighted by Gasteiger charge is -2.17. The number of methoxy groups -OCH3 is 1. The van der Waals surface area contributed by atoms with Crippen molar-refractivity contribution >= 4 is 67.6 Å². The summed E-state index contributed by atoms with van der Waals surface area (Å²) in [5, 5.41) is 0. The van der Waals surface area contributed by atoms with Crippen LogP contribution in [-0.4, -0.2) is 31.4 Å².